The molecule has 45 heavy (non-hydrogen) atoms. The maximum Gasteiger partial charge on any atom is 0.217 e. The minimum atomic E-state index is -0.152. The van der Waals surface area contributed by atoms with Crippen LogP contribution in [0.1, 0.15) is 220 Å². The number of amides is 1. The molecule has 2 N–H and O–H groups in total. The van der Waals surface area contributed by atoms with Gasteiger partial charge in [-0.3, -0.25) is 9.79 Å². The van der Waals surface area contributed by atoms with Gasteiger partial charge in [0.1, 0.15) is 0 Å². The van der Waals surface area contributed by atoms with Gasteiger partial charge < -0.3 is 10.6 Å². The zero-order valence-electron chi connectivity index (χ0n) is 31.0. The first-order valence-corrected chi connectivity index (χ1v) is 20.6. The summed E-state index contributed by atoms with van der Waals surface area (Å²) in [5.41, 5.74) is 5.20. The van der Waals surface area contributed by atoms with E-state index in [4.69, 9.17) is 5.73 Å². The van der Waals surface area contributed by atoms with Gasteiger partial charge in [-0.15, -0.1) is 0 Å². The number of carbonyl (C=O) groups is 1. The van der Waals surface area contributed by atoms with Crippen LogP contribution in [0.2, 0.25) is 0 Å². The maximum absolute atomic E-state index is 10.8. The summed E-state index contributed by atoms with van der Waals surface area (Å²) in [5.74, 6) is 1.48. The second kappa shape index (κ2) is 31.5. The van der Waals surface area contributed by atoms with Crippen LogP contribution in [-0.2, 0) is 4.79 Å². The van der Waals surface area contributed by atoms with Gasteiger partial charge in [-0.1, -0.05) is 188 Å². The van der Waals surface area contributed by atoms with Gasteiger partial charge in [0, 0.05) is 19.0 Å². The molecule has 0 spiro atoms. The average Bonchev–Trinajstić information content (AvgIpc) is 3.56. The molecule has 0 aromatic carbocycles. The summed E-state index contributed by atoms with van der Waals surface area (Å²) in [7, 11) is 0. The summed E-state index contributed by atoms with van der Waals surface area (Å²) in [5, 5.41) is 0. The van der Waals surface area contributed by atoms with E-state index in [9.17, 15) is 4.79 Å². The summed E-state index contributed by atoms with van der Waals surface area (Å²) < 4.78 is 0. The van der Waals surface area contributed by atoms with E-state index >= 15 is 0 Å². The van der Waals surface area contributed by atoms with E-state index in [2.05, 4.69) is 37.0 Å². The third-order valence-electron chi connectivity index (χ3n) is 10.6. The Balaban J connectivity index is 2.02. The quantitative estimate of drug-likeness (QED) is 0.0707. The standard InChI is InChI=1S/C41H81N3O/c1-4-5-6-7-8-9-10-12-15-18-21-24-27-30-38(2)33-34-40(44-36-35-43-37-44)39(3)31-28-25-22-19-16-13-11-14-17-20-23-26-29-32-41(42)45/h37-40H,4-36H2,1-3H3,(H2,42,45). The van der Waals surface area contributed by atoms with Crippen molar-refractivity contribution in [1.82, 2.24) is 4.90 Å². The average molecular weight is 632 g/mol. The van der Waals surface area contributed by atoms with Crippen LogP contribution in [0.25, 0.3) is 0 Å². The highest BCUT2D eigenvalue weighted by atomic mass is 16.1. The predicted octanol–water partition coefficient (Wildman–Crippen LogP) is 12.6. The lowest BCUT2D eigenvalue weighted by atomic mass is 9.87. The van der Waals surface area contributed by atoms with Crippen molar-refractivity contribution < 1.29 is 4.79 Å². The molecule has 1 aliphatic rings. The van der Waals surface area contributed by atoms with E-state index in [1.54, 1.807) is 0 Å². The highest BCUT2D eigenvalue weighted by Crippen LogP contribution is 2.26. The van der Waals surface area contributed by atoms with Gasteiger partial charge in [0.2, 0.25) is 5.91 Å². The molecule has 0 aromatic heterocycles. The monoisotopic (exact) mass is 632 g/mol. The molecular formula is C41H81N3O. The molecule has 1 aliphatic heterocycles. The lowest BCUT2D eigenvalue weighted by Gasteiger charge is -2.33. The van der Waals surface area contributed by atoms with Crippen LogP contribution >= 0.6 is 0 Å². The second-order valence-corrected chi connectivity index (χ2v) is 15.1. The zero-order valence-corrected chi connectivity index (χ0v) is 31.0. The summed E-state index contributed by atoms with van der Waals surface area (Å²) >= 11 is 0. The molecule has 1 heterocycles. The summed E-state index contributed by atoms with van der Waals surface area (Å²) in [4.78, 5) is 17.9. The minimum absolute atomic E-state index is 0.152. The Labute approximate surface area is 282 Å². The molecule has 4 heteroatoms. The fourth-order valence-corrected chi connectivity index (χ4v) is 7.43. The van der Waals surface area contributed by atoms with Crippen LogP contribution in [0.3, 0.4) is 0 Å². The van der Waals surface area contributed by atoms with Gasteiger partial charge in [0.05, 0.1) is 12.9 Å². The lowest BCUT2D eigenvalue weighted by Crippen LogP contribution is -2.38. The van der Waals surface area contributed by atoms with Crippen molar-refractivity contribution in [3.8, 4) is 0 Å². The number of hydrogen-bond acceptors (Lipinski definition) is 3. The number of unbranched alkanes of at least 4 members (excludes halogenated alkanes) is 24. The van der Waals surface area contributed by atoms with Gasteiger partial charge in [-0.25, -0.2) is 0 Å². The summed E-state index contributed by atoms with van der Waals surface area (Å²) in [6.45, 7) is 9.47. The number of hydrogen-bond donors (Lipinski definition) is 1. The fourth-order valence-electron chi connectivity index (χ4n) is 7.43. The van der Waals surface area contributed by atoms with Gasteiger partial charge >= 0.3 is 0 Å². The minimum Gasteiger partial charge on any atom is -0.370 e. The lowest BCUT2D eigenvalue weighted by molar-refractivity contribution is -0.118. The number of primary amides is 1. The molecule has 3 atom stereocenters. The van der Waals surface area contributed by atoms with Gasteiger partial charge in [-0.05, 0) is 37.5 Å². The van der Waals surface area contributed by atoms with Crippen LogP contribution in [0.5, 0.6) is 0 Å². The maximum atomic E-state index is 10.8. The number of nitrogens with zero attached hydrogens (tertiary/aromatic N) is 2. The molecule has 0 radical (unpaired) electrons. The Hall–Kier alpha value is -1.06. The second-order valence-electron chi connectivity index (χ2n) is 15.1. The van der Waals surface area contributed by atoms with Crippen LogP contribution in [-0.4, -0.2) is 36.3 Å². The Bertz CT molecular complexity index is 665. The van der Waals surface area contributed by atoms with Crippen molar-refractivity contribution in [2.24, 2.45) is 22.6 Å². The molecule has 0 fully saturated rings. The van der Waals surface area contributed by atoms with Crippen LogP contribution in [0.4, 0.5) is 0 Å². The highest BCUT2D eigenvalue weighted by molar-refractivity contribution is 5.73. The first-order chi connectivity index (χ1) is 22.0. The van der Waals surface area contributed by atoms with E-state index in [1.165, 1.54) is 180 Å². The molecular weight excluding hydrogens is 550 g/mol. The van der Waals surface area contributed by atoms with E-state index in [0.717, 1.165) is 37.8 Å². The number of carbonyl (C=O) groups excluding carboxylic acids is 1. The summed E-state index contributed by atoms with van der Waals surface area (Å²) in [6, 6.07) is 0.688. The Morgan fingerprint density at radius 2 is 1.02 bits per heavy atom. The van der Waals surface area contributed by atoms with Crippen molar-refractivity contribution in [3.63, 3.8) is 0 Å². The Morgan fingerprint density at radius 1 is 0.600 bits per heavy atom. The molecule has 266 valence electrons. The van der Waals surface area contributed by atoms with Gasteiger partial charge in [0.25, 0.3) is 0 Å². The molecule has 0 bridgehead atoms. The fraction of sp³-hybridized carbons (Fsp3) is 0.951. The van der Waals surface area contributed by atoms with E-state index < -0.39 is 0 Å². The third kappa shape index (κ3) is 26.7. The molecule has 0 aliphatic carbocycles. The molecule has 0 aromatic rings. The number of rotatable bonds is 35. The highest BCUT2D eigenvalue weighted by Gasteiger charge is 2.24. The van der Waals surface area contributed by atoms with Crippen LogP contribution in [0, 0.1) is 11.8 Å². The molecule has 0 saturated heterocycles. The smallest absolute Gasteiger partial charge is 0.217 e. The first kappa shape index (κ1) is 42.0. The predicted molar refractivity (Wildman–Crippen MR) is 200 cm³/mol. The van der Waals surface area contributed by atoms with Crippen molar-refractivity contribution in [3.05, 3.63) is 0 Å². The van der Waals surface area contributed by atoms with E-state index in [-0.39, 0.29) is 5.91 Å². The molecule has 1 amide bonds. The molecule has 0 saturated carbocycles. The van der Waals surface area contributed by atoms with E-state index in [0.29, 0.717) is 12.5 Å². The van der Waals surface area contributed by atoms with Gasteiger partial charge in [-0.2, -0.15) is 0 Å². The Kier molecular flexibility index (Phi) is 29.4. The first-order valence-electron chi connectivity index (χ1n) is 20.6. The Morgan fingerprint density at radius 3 is 1.44 bits per heavy atom. The molecule has 3 unspecified atom stereocenters. The topological polar surface area (TPSA) is 58.7 Å². The molecule has 1 rings (SSSR count). The molecule has 4 nitrogen and oxygen atoms in total. The van der Waals surface area contributed by atoms with Crippen molar-refractivity contribution in [2.45, 2.75) is 226 Å². The normalized spacial score (nSPS) is 15.1. The number of nitrogens with two attached hydrogens (primary N) is 1. The van der Waals surface area contributed by atoms with Crippen LogP contribution in [0.15, 0.2) is 4.99 Å². The van der Waals surface area contributed by atoms with Crippen LogP contribution < -0.4 is 5.73 Å². The van der Waals surface area contributed by atoms with Gasteiger partial charge in [0.15, 0.2) is 0 Å². The largest absolute Gasteiger partial charge is 0.370 e. The number of aliphatic imine (C=N–C) groups is 1. The summed E-state index contributed by atoms with van der Waals surface area (Å²) in [6.07, 6.45) is 44.4. The van der Waals surface area contributed by atoms with Crippen molar-refractivity contribution in [1.29, 1.82) is 0 Å². The zero-order chi connectivity index (χ0) is 32.6. The SMILES string of the molecule is CCCCCCCCCCCCCCCC(C)CCC(C(C)CCCCCCCCCCCCCCCC(N)=O)N1C=NCC1. The van der Waals surface area contributed by atoms with E-state index in [1.807, 2.05) is 0 Å². The van der Waals surface area contributed by atoms with Crippen molar-refractivity contribution in [2.75, 3.05) is 13.1 Å². The third-order valence-corrected chi connectivity index (χ3v) is 10.6. The van der Waals surface area contributed by atoms with Crippen molar-refractivity contribution >= 4 is 12.2 Å².